The summed E-state index contributed by atoms with van der Waals surface area (Å²) in [6, 6.07) is 11.6. The largest absolute Gasteiger partial charge is 0.344 e. The van der Waals surface area contributed by atoms with Gasteiger partial charge in [0.25, 0.3) is 0 Å². The van der Waals surface area contributed by atoms with Crippen molar-refractivity contribution in [1.82, 2.24) is 5.32 Å². The minimum absolute atomic E-state index is 0.288. The first-order valence-corrected chi connectivity index (χ1v) is 9.08. The third-order valence-corrected chi connectivity index (χ3v) is 5.52. The lowest BCUT2D eigenvalue weighted by Crippen LogP contribution is -2.34. The van der Waals surface area contributed by atoms with Crippen molar-refractivity contribution in [2.45, 2.75) is 32.7 Å². The summed E-state index contributed by atoms with van der Waals surface area (Å²) in [5, 5.41) is 15.1. The van der Waals surface area contributed by atoms with Crippen molar-refractivity contribution in [2.75, 3.05) is 5.32 Å². The molecule has 1 aliphatic rings. The molecule has 0 spiro atoms. The van der Waals surface area contributed by atoms with Gasteiger partial charge in [-0.3, -0.25) is 9.59 Å². The molecule has 2 N–H and O–H groups in total. The van der Waals surface area contributed by atoms with Crippen molar-refractivity contribution in [1.29, 1.82) is 5.26 Å². The molecule has 0 saturated carbocycles. The fourth-order valence-electron chi connectivity index (χ4n) is 2.98. The summed E-state index contributed by atoms with van der Waals surface area (Å²) in [7, 11) is 0. The summed E-state index contributed by atoms with van der Waals surface area (Å²) >= 11 is 1.42. The Kier molecular flexibility index (Phi) is 5.15. The van der Waals surface area contributed by atoms with E-state index in [1.54, 1.807) is 0 Å². The highest BCUT2D eigenvalue weighted by Gasteiger charge is 2.25. The highest BCUT2D eigenvalue weighted by molar-refractivity contribution is 7.16. The number of hydrogen-bond acceptors (Lipinski definition) is 4. The smallest absolute Gasteiger partial charge is 0.314 e. The van der Waals surface area contributed by atoms with E-state index in [-0.39, 0.29) is 6.54 Å². The van der Waals surface area contributed by atoms with Crippen LogP contribution in [0.1, 0.15) is 34.9 Å². The Morgan fingerprint density at radius 3 is 2.76 bits per heavy atom. The van der Waals surface area contributed by atoms with Gasteiger partial charge < -0.3 is 10.6 Å². The van der Waals surface area contributed by atoms with E-state index in [9.17, 15) is 14.9 Å². The molecule has 0 aliphatic heterocycles. The summed E-state index contributed by atoms with van der Waals surface area (Å²) in [5.41, 5.74) is 2.46. The van der Waals surface area contributed by atoms with Crippen LogP contribution in [0.25, 0.3) is 0 Å². The van der Waals surface area contributed by atoms with Crippen molar-refractivity contribution in [2.24, 2.45) is 5.92 Å². The van der Waals surface area contributed by atoms with Crippen molar-refractivity contribution in [3.05, 3.63) is 51.9 Å². The number of anilines is 1. The van der Waals surface area contributed by atoms with Crippen LogP contribution in [0.2, 0.25) is 0 Å². The third-order valence-electron chi connectivity index (χ3n) is 4.35. The number of carbonyl (C=O) groups excluding carboxylic acids is 2. The normalized spacial score (nSPS) is 15.8. The molecule has 0 saturated heterocycles. The highest BCUT2D eigenvalue weighted by atomic mass is 32.1. The molecule has 1 atom stereocenters. The van der Waals surface area contributed by atoms with Crippen molar-refractivity contribution in [3.63, 3.8) is 0 Å². The number of benzene rings is 1. The summed E-state index contributed by atoms with van der Waals surface area (Å²) in [4.78, 5) is 25.3. The SMILES string of the molecule is C[C@@H]1CCc2c(sc(NC(=O)C(=O)NCc3ccccc3)c2C#N)C1. The number of nitriles is 1. The van der Waals surface area contributed by atoms with Crippen LogP contribution in [-0.4, -0.2) is 11.8 Å². The molecule has 25 heavy (non-hydrogen) atoms. The molecule has 1 aromatic heterocycles. The minimum Gasteiger partial charge on any atom is -0.344 e. The predicted molar refractivity (Wildman–Crippen MR) is 97.1 cm³/mol. The van der Waals surface area contributed by atoms with Gasteiger partial charge in [0.15, 0.2) is 0 Å². The van der Waals surface area contributed by atoms with Gasteiger partial charge in [-0.15, -0.1) is 11.3 Å². The van der Waals surface area contributed by atoms with Crippen LogP contribution in [0, 0.1) is 17.2 Å². The standard InChI is InChI=1S/C19H19N3O2S/c1-12-7-8-14-15(10-20)19(25-16(14)9-12)22-18(24)17(23)21-11-13-5-3-2-4-6-13/h2-6,12H,7-9,11H2,1H3,(H,21,23)(H,22,24)/t12-/m1/s1. The lowest BCUT2D eigenvalue weighted by Gasteiger charge is -2.17. The van der Waals surface area contributed by atoms with Gasteiger partial charge in [0.05, 0.1) is 5.56 Å². The predicted octanol–water partition coefficient (Wildman–Crippen LogP) is 3.00. The van der Waals surface area contributed by atoms with Crippen molar-refractivity contribution < 1.29 is 9.59 Å². The van der Waals surface area contributed by atoms with Gasteiger partial charge in [-0.1, -0.05) is 37.3 Å². The number of amides is 2. The number of nitrogens with one attached hydrogen (secondary N) is 2. The minimum atomic E-state index is -0.737. The van der Waals surface area contributed by atoms with E-state index in [4.69, 9.17) is 0 Å². The van der Waals surface area contributed by atoms with E-state index in [0.29, 0.717) is 16.5 Å². The molecule has 6 heteroatoms. The van der Waals surface area contributed by atoms with E-state index in [1.807, 2.05) is 30.3 Å². The van der Waals surface area contributed by atoms with Crippen molar-refractivity contribution >= 4 is 28.2 Å². The molecular weight excluding hydrogens is 334 g/mol. The van der Waals surface area contributed by atoms with Crippen LogP contribution >= 0.6 is 11.3 Å². The van der Waals surface area contributed by atoms with E-state index in [2.05, 4.69) is 23.6 Å². The summed E-state index contributed by atoms with van der Waals surface area (Å²) in [5.74, 6) is -0.859. The first-order valence-electron chi connectivity index (χ1n) is 8.26. The molecule has 2 amide bonds. The second-order valence-corrected chi connectivity index (χ2v) is 7.40. The topological polar surface area (TPSA) is 82.0 Å². The van der Waals surface area contributed by atoms with Gasteiger partial charge in [-0.2, -0.15) is 5.26 Å². The maximum atomic E-state index is 12.2. The first-order chi connectivity index (χ1) is 12.1. The molecule has 1 aliphatic carbocycles. The van der Waals surface area contributed by atoms with E-state index in [0.717, 1.165) is 35.3 Å². The summed E-state index contributed by atoms with van der Waals surface area (Å²) < 4.78 is 0. The molecule has 2 aromatic rings. The number of thiophene rings is 1. The van der Waals surface area contributed by atoms with Crippen LogP contribution in [0.15, 0.2) is 30.3 Å². The van der Waals surface area contributed by atoms with Crippen molar-refractivity contribution in [3.8, 4) is 6.07 Å². The van der Waals surface area contributed by atoms with E-state index < -0.39 is 11.8 Å². The molecule has 128 valence electrons. The molecule has 0 unspecified atom stereocenters. The van der Waals surface area contributed by atoms with Gasteiger partial charge in [0.1, 0.15) is 11.1 Å². The molecule has 1 heterocycles. The Morgan fingerprint density at radius 2 is 2.04 bits per heavy atom. The number of hydrogen-bond donors (Lipinski definition) is 2. The maximum Gasteiger partial charge on any atom is 0.314 e. The van der Waals surface area contributed by atoms with E-state index >= 15 is 0 Å². The Balaban J connectivity index is 1.66. The lowest BCUT2D eigenvalue weighted by molar-refractivity contribution is -0.136. The average Bonchev–Trinajstić information content (AvgIpc) is 2.96. The average molecular weight is 353 g/mol. The maximum absolute atomic E-state index is 12.2. The number of fused-ring (bicyclic) bond motifs is 1. The van der Waals surface area contributed by atoms with Gasteiger partial charge in [-0.25, -0.2) is 0 Å². The molecule has 0 bridgehead atoms. The van der Waals surface area contributed by atoms with Crippen LogP contribution in [0.5, 0.6) is 0 Å². The quantitative estimate of drug-likeness (QED) is 0.832. The molecule has 3 rings (SSSR count). The Bertz CT molecular complexity index is 836. The van der Waals surface area contributed by atoms with E-state index in [1.165, 1.54) is 11.3 Å². The molecular formula is C19H19N3O2S. The molecule has 0 radical (unpaired) electrons. The molecule has 1 aromatic carbocycles. The Hall–Kier alpha value is -2.65. The molecule has 5 nitrogen and oxygen atoms in total. The van der Waals surface area contributed by atoms with Gasteiger partial charge in [0, 0.05) is 11.4 Å². The van der Waals surface area contributed by atoms with Crippen LogP contribution < -0.4 is 10.6 Å². The Labute approximate surface area is 150 Å². The number of carbonyl (C=O) groups is 2. The number of nitrogens with zero attached hydrogens (tertiary/aromatic N) is 1. The number of rotatable bonds is 3. The second kappa shape index (κ2) is 7.49. The second-order valence-electron chi connectivity index (χ2n) is 6.29. The fourth-order valence-corrected chi connectivity index (χ4v) is 4.33. The Morgan fingerprint density at radius 1 is 1.28 bits per heavy atom. The van der Waals surface area contributed by atoms with Gasteiger partial charge >= 0.3 is 11.8 Å². The highest BCUT2D eigenvalue weighted by Crippen LogP contribution is 2.39. The first kappa shape index (κ1) is 17.2. The van der Waals surface area contributed by atoms with Crippen LogP contribution in [0.4, 0.5) is 5.00 Å². The summed E-state index contributed by atoms with van der Waals surface area (Å²) in [6.07, 6.45) is 2.82. The van der Waals surface area contributed by atoms with Crippen LogP contribution in [0.3, 0.4) is 0 Å². The fraction of sp³-hybridized carbons (Fsp3) is 0.316. The van der Waals surface area contributed by atoms with Gasteiger partial charge in [0.2, 0.25) is 0 Å². The van der Waals surface area contributed by atoms with Gasteiger partial charge in [-0.05, 0) is 36.3 Å². The third kappa shape index (κ3) is 3.89. The van der Waals surface area contributed by atoms with Crippen LogP contribution in [-0.2, 0) is 29.0 Å². The zero-order chi connectivity index (χ0) is 17.8. The zero-order valence-corrected chi connectivity index (χ0v) is 14.8. The zero-order valence-electron chi connectivity index (χ0n) is 14.0. The lowest BCUT2D eigenvalue weighted by atomic mass is 9.89. The summed E-state index contributed by atoms with van der Waals surface area (Å²) in [6.45, 7) is 2.47. The molecule has 0 fully saturated rings. The monoisotopic (exact) mass is 353 g/mol.